The van der Waals surface area contributed by atoms with E-state index in [1.807, 2.05) is 48.5 Å². The molecule has 1 aliphatic heterocycles. The molecule has 4 heteroatoms. The Morgan fingerprint density at radius 3 is 2.55 bits per heavy atom. The number of methoxy groups -OCH3 is 1. The Hall–Kier alpha value is -2.49. The molecular weight excluding hydrogens is 252 g/mol. The molecule has 3 rings (SSSR count). The molecule has 1 heterocycles. The van der Waals surface area contributed by atoms with Crippen LogP contribution in [0.1, 0.15) is 18.0 Å². The molecule has 0 saturated heterocycles. The van der Waals surface area contributed by atoms with Crippen LogP contribution in [0.2, 0.25) is 0 Å². The van der Waals surface area contributed by atoms with Gasteiger partial charge in [0.1, 0.15) is 5.75 Å². The van der Waals surface area contributed by atoms with Crippen molar-refractivity contribution in [1.82, 2.24) is 0 Å². The number of carbonyl (C=O) groups is 1. The van der Waals surface area contributed by atoms with Gasteiger partial charge in [0.2, 0.25) is 5.91 Å². The van der Waals surface area contributed by atoms with Crippen LogP contribution in [0, 0.1) is 0 Å². The van der Waals surface area contributed by atoms with Crippen molar-refractivity contribution in [3.05, 3.63) is 54.1 Å². The number of rotatable bonds is 2. The van der Waals surface area contributed by atoms with Gasteiger partial charge in [-0.1, -0.05) is 30.3 Å². The fraction of sp³-hybridized carbons (Fsp3) is 0.188. The largest absolute Gasteiger partial charge is 0.496 e. The van der Waals surface area contributed by atoms with Gasteiger partial charge in [-0.15, -0.1) is 0 Å². The van der Waals surface area contributed by atoms with Crippen molar-refractivity contribution in [3.63, 3.8) is 0 Å². The maximum absolute atomic E-state index is 12.0. The van der Waals surface area contributed by atoms with Crippen molar-refractivity contribution in [2.75, 3.05) is 17.7 Å². The number of benzene rings is 2. The summed E-state index contributed by atoms with van der Waals surface area (Å²) in [6, 6.07) is 15.4. The number of fused-ring (bicyclic) bond motifs is 1. The number of nitrogens with one attached hydrogen (secondary N) is 2. The molecule has 20 heavy (non-hydrogen) atoms. The Labute approximate surface area is 117 Å². The van der Waals surface area contributed by atoms with Crippen LogP contribution in [0.25, 0.3) is 0 Å². The Kier molecular flexibility index (Phi) is 3.29. The van der Waals surface area contributed by atoms with Crippen molar-refractivity contribution in [2.24, 2.45) is 0 Å². The van der Waals surface area contributed by atoms with Gasteiger partial charge in [-0.3, -0.25) is 4.79 Å². The molecule has 2 aromatic carbocycles. The Balaban J connectivity index is 2.00. The normalized spacial score (nSPS) is 17.4. The second kappa shape index (κ2) is 5.25. The van der Waals surface area contributed by atoms with Crippen LogP contribution in [0.15, 0.2) is 48.5 Å². The Bertz CT molecular complexity index is 640. The van der Waals surface area contributed by atoms with E-state index in [0.717, 1.165) is 22.7 Å². The lowest BCUT2D eigenvalue weighted by Gasteiger charge is -2.19. The lowest BCUT2D eigenvalue weighted by molar-refractivity contribution is -0.116. The number of hydrogen-bond acceptors (Lipinski definition) is 3. The lowest BCUT2D eigenvalue weighted by atomic mass is 10.0. The number of anilines is 2. The molecule has 1 atom stereocenters. The maximum atomic E-state index is 12.0. The zero-order valence-corrected chi connectivity index (χ0v) is 11.2. The molecule has 0 bridgehead atoms. The van der Waals surface area contributed by atoms with Crippen molar-refractivity contribution >= 4 is 17.3 Å². The average molecular weight is 268 g/mol. The molecule has 0 radical (unpaired) electrons. The van der Waals surface area contributed by atoms with E-state index >= 15 is 0 Å². The van der Waals surface area contributed by atoms with Gasteiger partial charge in [-0.2, -0.15) is 0 Å². The van der Waals surface area contributed by atoms with Crippen molar-refractivity contribution < 1.29 is 9.53 Å². The van der Waals surface area contributed by atoms with Crippen LogP contribution in [0.3, 0.4) is 0 Å². The van der Waals surface area contributed by atoms with Crippen molar-refractivity contribution in [3.8, 4) is 5.75 Å². The maximum Gasteiger partial charge on any atom is 0.226 e. The average Bonchev–Trinajstić information content (AvgIpc) is 2.65. The first-order chi connectivity index (χ1) is 9.78. The summed E-state index contributed by atoms with van der Waals surface area (Å²) in [6.07, 6.45) is 0.370. The molecule has 0 aliphatic carbocycles. The summed E-state index contributed by atoms with van der Waals surface area (Å²) in [5.41, 5.74) is 2.73. The van der Waals surface area contributed by atoms with Gasteiger partial charge in [0, 0.05) is 5.56 Å². The van der Waals surface area contributed by atoms with Gasteiger partial charge in [-0.25, -0.2) is 0 Å². The molecule has 2 N–H and O–H groups in total. The molecule has 0 saturated carbocycles. The van der Waals surface area contributed by atoms with E-state index < -0.39 is 0 Å². The minimum absolute atomic E-state index is 0.00152. The molecule has 1 unspecified atom stereocenters. The van der Waals surface area contributed by atoms with E-state index in [0.29, 0.717) is 6.42 Å². The van der Waals surface area contributed by atoms with Crippen LogP contribution in [-0.4, -0.2) is 13.0 Å². The first-order valence-corrected chi connectivity index (χ1v) is 6.56. The predicted molar refractivity (Wildman–Crippen MR) is 79.0 cm³/mol. The highest BCUT2D eigenvalue weighted by Crippen LogP contribution is 2.35. The molecule has 102 valence electrons. The van der Waals surface area contributed by atoms with E-state index in [1.165, 1.54) is 0 Å². The molecular formula is C16H16N2O2. The van der Waals surface area contributed by atoms with Crippen LogP contribution in [0.5, 0.6) is 5.75 Å². The van der Waals surface area contributed by atoms with E-state index in [-0.39, 0.29) is 11.9 Å². The highest BCUT2D eigenvalue weighted by molar-refractivity contribution is 5.96. The highest BCUT2D eigenvalue weighted by atomic mass is 16.5. The topological polar surface area (TPSA) is 50.4 Å². The van der Waals surface area contributed by atoms with Gasteiger partial charge in [0.05, 0.1) is 30.9 Å². The summed E-state index contributed by atoms with van der Waals surface area (Å²) in [5, 5.41) is 6.33. The third-order valence-corrected chi connectivity index (χ3v) is 3.43. The predicted octanol–water partition coefficient (Wildman–Crippen LogP) is 3.19. The monoisotopic (exact) mass is 268 g/mol. The molecule has 4 nitrogen and oxygen atoms in total. The zero-order chi connectivity index (χ0) is 13.9. The number of para-hydroxylation sites is 3. The fourth-order valence-electron chi connectivity index (χ4n) is 2.49. The minimum Gasteiger partial charge on any atom is -0.496 e. The summed E-state index contributed by atoms with van der Waals surface area (Å²) in [5.74, 6) is 0.788. The second-order valence-electron chi connectivity index (χ2n) is 4.74. The SMILES string of the molecule is COc1ccccc1C1CC(=O)Nc2ccccc2N1. The summed E-state index contributed by atoms with van der Waals surface area (Å²) in [6.45, 7) is 0. The summed E-state index contributed by atoms with van der Waals surface area (Å²) in [4.78, 5) is 12.0. The van der Waals surface area contributed by atoms with Gasteiger partial charge in [-0.05, 0) is 18.2 Å². The molecule has 1 aliphatic rings. The molecule has 0 spiro atoms. The molecule has 0 aromatic heterocycles. The summed E-state index contributed by atoms with van der Waals surface area (Å²) >= 11 is 0. The number of ether oxygens (including phenoxy) is 1. The Morgan fingerprint density at radius 2 is 1.75 bits per heavy atom. The number of amides is 1. The van der Waals surface area contributed by atoms with E-state index in [4.69, 9.17) is 4.74 Å². The molecule has 0 fully saturated rings. The lowest BCUT2D eigenvalue weighted by Crippen LogP contribution is -2.16. The van der Waals surface area contributed by atoms with Crippen LogP contribution in [-0.2, 0) is 4.79 Å². The first-order valence-electron chi connectivity index (χ1n) is 6.56. The van der Waals surface area contributed by atoms with Gasteiger partial charge in [0.15, 0.2) is 0 Å². The fourth-order valence-corrected chi connectivity index (χ4v) is 2.49. The van der Waals surface area contributed by atoms with E-state index in [1.54, 1.807) is 7.11 Å². The van der Waals surface area contributed by atoms with E-state index in [2.05, 4.69) is 10.6 Å². The van der Waals surface area contributed by atoms with Gasteiger partial charge >= 0.3 is 0 Å². The van der Waals surface area contributed by atoms with Crippen molar-refractivity contribution in [2.45, 2.75) is 12.5 Å². The highest BCUT2D eigenvalue weighted by Gasteiger charge is 2.23. The zero-order valence-electron chi connectivity index (χ0n) is 11.2. The van der Waals surface area contributed by atoms with Crippen LogP contribution >= 0.6 is 0 Å². The standard InChI is InChI=1S/C16H16N2O2/c1-20-15-9-5-2-6-11(15)14-10-16(19)18-13-8-4-3-7-12(13)17-14/h2-9,14,17H,10H2,1H3,(H,18,19). The molecule has 2 aromatic rings. The summed E-state index contributed by atoms with van der Waals surface area (Å²) in [7, 11) is 1.64. The molecule has 1 amide bonds. The number of hydrogen-bond donors (Lipinski definition) is 2. The first kappa shape index (κ1) is 12.5. The Morgan fingerprint density at radius 1 is 1.05 bits per heavy atom. The third-order valence-electron chi connectivity index (χ3n) is 3.43. The van der Waals surface area contributed by atoms with Crippen LogP contribution in [0.4, 0.5) is 11.4 Å². The van der Waals surface area contributed by atoms with Gasteiger partial charge in [0.25, 0.3) is 0 Å². The quantitative estimate of drug-likeness (QED) is 0.879. The number of carbonyl (C=O) groups excluding carboxylic acids is 1. The minimum atomic E-state index is -0.102. The van der Waals surface area contributed by atoms with Crippen LogP contribution < -0.4 is 15.4 Å². The second-order valence-corrected chi connectivity index (χ2v) is 4.74. The van der Waals surface area contributed by atoms with Crippen molar-refractivity contribution in [1.29, 1.82) is 0 Å². The van der Waals surface area contributed by atoms with Gasteiger partial charge < -0.3 is 15.4 Å². The third kappa shape index (κ3) is 2.32. The van der Waals surface area contributed by atoms with E-state index in [9.17, 15) is 4.79 Å². The summed E-state index contributed by atoms with van der Waals surface area (Å²) < 4.78 is 5.39. The smallest absolute Gasteiger partial charge is 0.226 e.